The standard InChI is InChI=1S/C22H22N4O2/c1-22(2)9-16(27)19-17(10-22)28-21(24)14(11-23)18(19)15-12-25-26(3)20(15)13-7-5-4-6-8-13/h4-8,12,18H,9-10,24H2,1-3H3/t18-/m0/s1. The highest BCUT2D eigenvalue weighted by Crippen LogP contribution is 2.49. The van der Waals surface area contributed by atoms with E-state index in [-0.39, 0.29) is 22.7 Å². The van der Waals surface area contributed by atoms with E-state index >= 15 is 0 Å². The van der Waals surface area contributed by atoms with E-state index in [2.05, 4.69) is 11.2 Å². The van der Waals surface area contributed by atoms with Gasteiger partial charge in [-0.3, -0.25) is 9.48 Å². The van der Waals surface area contributed by atoms with Crippen LogP contribution in [-0.2, 0) is 16.6 Å². The molecule has 4 rings (SSSR count). The quantitative estimate of drug-likeness (QED) is 0.868. The highest BCUT2D eigenvalue weighted by molar-refractivity contribution is 6.00. The van der Waals surface area contributed by atoms with E-state index in [1.807, 2.05) is 51.2 Å². The minimum Gasteiger partial charge on any atom is -0.444 e. The van der Waals surface area contributed by atoms with Crippen LogP contribution in [0, 0.1) is 16.7 Å². The molecule has 0 amide bonds. The number of Topliss-reactive ketones (excluding diaryl/α,β-unsaturated/α-hetero) is 1. The molecule has 28 heavy (non-hydrogen) atoms. The lowest BCUT2D eigenvalue weighted by atomic mass is 9.70. The zero-order valence-electron chi connectivity index (χ0n) is 16.2. The Labute approximate surface area is 163 Å². The van der Waals surface area contributed by atoms with Gasteiger partial charge in [-0.15, -0.1) is 0 Å². The van der Waals surface area contributed by atoms with Gasteiger partial charge < -0.3 is 10.5 Å². The average Bonchev–Trinajstić information content (AvgIpc) is 3.01. The molecule has 1 aromatic heterocycles. The molecule has 0 radical (unpaired) electrons. The van der Waals surface area contributed by atoms with E-state index in [4.69, 9.17) is 10.5 Å². The van der Waals surface area contributed by atoms with Crippen molar-refractivity contribution in [1.82, 2.24) is 9.78 Å². The van der Waals surface area contributed by atoms with Crippen molar-refractivity contribution in [1.29, 1.82) is 5.26 Å². The first-order chi connectivity index (χ1) is 13.3. The number of nitriles is 1. The normalized spacial score (nSPS) is 21.2. The van der Waals surface area contributed by atoms with Crippen LogP contribution in [0.1, 0.15) is 38.2 Å². The number of allylic oxidation sites excluding steroid dienone is 3. The van der Waals surface area contributed by atoms with Crippen LogP contribution in [0.5, 0.6) is 0 Å². The maximum absolute atomic E-state index is 13.1. The SMILES string of the molecule is Cn1ncc([C@@H]2C(C#N)=C(N)OC3=C2C(=O)CC(C)(C)C3)c1-c1ccccc1. The summed E-state index contributed by atoms with van der Waals surface area (Å²) < 4.78 is 7.54. The van der Waals surface area contributed by atoms with Gasteiger partial charge in [0.1, 0.15) is 17.4 Å². The Morgan fingerprint density at radius 3 is 2.68 bits per heavy atom. The zero-order chi connectivity index (χ0) is 20.1. The third-order valence-electron chi connectivity index (χ3n) is 5.40. The molecule has 0 saturated heterocycles. The monoisotopic (exact) mass is 374 g/mol. The first-order valence-corrected chi connectivity index (χ1v) is 9.23. The van der Waals surface area contributed by atoms with Gasteiger partial charge >= 0.3 is 0 Å². The van der Waals surface area contributed by atoms with Gasteiger partial charge in [-0.1, -0.05) is 44.2 Å². The maximum Gasteiger partial charge on any atom is 0.205 e. The summed E-state index contributed by atoms with van der Waals surface area (Å²) in [6.07, 6.45) is 2.73. The summed E-state index contributed by atoms with van der Waals surface area (Å²) in [5.41, 5.74) is 9.32. The predicted octanol–water partition coefficient (Wildman–Crippen LogP) is 3.54. The number of ketones is 1. The largest absolute Gasteiger partial charge is 0.444 e. The van der Waals surface area contributed by atoms with Gasteiger partial charge in [0.05, 0.1) is 17.8 Å². The van der Waals surface area contributed by atoms with Crippen LogP contribution in [0.25, 0.3) is 11.3 Å². The number of hydrogen-bond acceptors (Lipinski definition) is 5. The number of benzene rings is 1. The summed E-state index contributed by atoms with van der Waals surface area (Å²) in [7, 11) is 1.85. The number of carbonyl (C=O) groups excluding carboxylic acids is 1. The van der Waals surface area contributed by atoms with E-state index in [0.29, 0.717) is 24.2 Å². The molecule has 1 aromatic carbocycles. The molecule has 1 atom stereocenters. The summed E-state index contributed by atoms with van der Waals surface area (Å²) in [6.45, 7) is 4.07. The Balaban J connectivity index is 1.95. The third kappa shape index (κ3) is 2.80. The molecule has 0 bridgehead atoms. The van der Waals surface area contributed by atoms with Crippen LogP contribution >= 0.6 is 0 Å². The van der Waals surface area contributed by atoms with Crippen molar-refractivity contribution in [3.63, 3.8) is 0 Å². The smallest absolute Gasteiger partial charge is 0.205 e. The number of aryl methyl sites for hydroxylation is 1. The zero-order valence-corrected chi connectivity index (χ0v) is 16.2. The van der Waals surface area contributed by atoms with Crippen molar-refractivity contribution in [2.24, 2.45) is 18.2 Å². The number of nitrogens with two attached hydrogens (primary N) is 1. The average molecular weight is 374 g/mol. The molecule has 1 aliphatic carbocycles. The third-order valence-corrected chi connectivity index (χ3v) is 5.40. The van der Waals surface area contributed by atoms with Gasteiger partial charge in [-0.25, -0.2) is 0 Å². The van der Waals surface area contributed by atoms with Gasteiger partial charge in [0.25, 0.3) is 0 Å². The Morgan fingerprint density at radius 2 is 2.00 bits per heavy atom. The molecule has 2 heterocycles. The highest BCUT2D eigenvalue weighted by Gasteiger charge is 2.44. The fourth-order valence-electron chi connectivity index (χ4n) is 4.21. The summed E-state index contributed by atoms with van der Waals surface area (Å²) in [6, 6.07) is 12.0. The van der Waals surface area contributed by atoms with Crippen LogP contribution < -0.4 is 5.73 Å². The predicted molar refractivity (Wildman–Crippen MR) is 104 cm³/mol. The molecule has 6 heteroatoms. The summed E-state index contributed by atoms with van der Waals surface area (Å²) in [4.78, 5) is 13.1. The summed E-state index contributed by atoms with van der Waals surface area (Å²) in [5, 5.41) is 14.2. The number of hydrogen-bond donors (Lipinski definition) is 1. The molecule has 2 aromatic rings. The van der Waals surface area contributed by atoms with E-state index in [0.717, 1.165) is 16.8 Å². The van der Waals surface area contributed by atoms with Crippen LogP contribution in [0.2, 0.25) is 0 Å². The van der Waals surface area contributed by atoms with E-state index < -0.39 is 5.92 Å². The first-order valence-electron chi connectivity index (χ1n) is 9.23. The number of ether oxygens (including phenoxy) is 1. The molecule has 2 aliphatic rings. The Morgan fingerprint density at radius 1 is 1.29 bits per heavy atom. The van der Waals surface area contributed by atoms with Gasteiger partial charge in [-0.2, -0.15) is 10.4 Å². The van der Waals surface area contributed by atoms with Gasteiger partial charge in [0, 0.05) is 36.6 Å². The van der Waals surface area contributed by atoms with Gasteiger partial charge in [0.15, 0.2) is 5.78 Å². The Kier molecular flexibility index (Phi) is 4.11. The van der Waals surface area contributed by atoms with Crippen LogP contribution in [0.3, 0.4) is 0 Å². The topological polar surface area (TPSA) is 93.9 Å². The summed E-state index contributed by atoms with van der Waals surface area (Å²) >= 11 is 0. The van der Waals surface area contributed by atoms with Crippen molar-refractivity contribution in [3.8, 4) is 17.3 Å². The lowest BCUT2D eigenvalue weighted by molar-refractivity contribution is -0.119. The molecule has 142 valence electrons. The van der Waals surface area contributed by atoms with Crippen molar-refractivity contribution in [2.75, 3.05) is 0 Å². The summed E-state index contributed by atoms with van der Waals surface area (Å²) in [5.74, 6) is 0.0749. The van der Waals surface area contributed by atoms with Crippen molar-refractivity contribution < 1.29 is 9.53 Å². The molecule has 1 aliphatic heterocycles. The second-order valence-corrected chi connectivity index (χ2v) is 8.14. The molecule has 0 spiro atoms. The fraction of sp³-hybridized carbons (Fsp3) is 0.318. The molecule has 0 unspecified atom stereocenters. The molecule has 0 fully saturated rings. The molecule has 2 N–H and O–H groups in total. The minimum absolute atomic E-state index is 0.000588. The Hall–Kier alpha value is -3.33. The molecule has 6 nitrogen and oxygen atoms in total. The second kappa shape index (κ2) is 6.38. The second-order valence-electron chi connectivity index (χ2n) is 8.14. The lowest BCUT2D eigenvalue weighted by Gasteiger charge is -2.37. The molecular weight excluding hydrogens is 352 g/mol. The maximum atomic E-state index is 13.1. The lowest BCUT2D eigenvalue weighted by Crippen LogP contribution is -2.33. The van der Waals surface area contributed by atoms with Crippen LogP contribution in [0.4, 0.5) is 0 Å². The first kappa shape index (κ1) is 18.1. The number of rotatable bonds is 2. The minimum atomic E-state index is -0.568. The number of carbonyl (C=O) groups is 1. The van der Waals surface area contributed by atoms with Crippen molar-refractivity contribution >= 4 is 5.78 Å². The van der Waals surface area contributed by atoms with Crippen LogP contribution in [0.15, 0.2) is 59.3 Å². The number of aromatic nitrogens is 2. The van der Waals surface area contributed by atoms with E-state index in [1.54, 1.807) is 10.9 Å². The molecular formula is C22H22N4O2. The van der Waals surface area contributed by atoms with Gasteiger partial charge in [-0.05, 0) is 5.41 Å². The Bertz CT molecular complexity index is 1070. The van der Waals surface area contributed by atoms with Gasteiger partial charge in [0.2, 0.25) is 5.88 Å². The van der Waals surface area contributed by atoms with E-state index in [1.165, 1.54) is 0 Å². The molecule has 0 saturated carbocycles. The van der Waals surface area contributed by atoms with Crippen molar-refractivity contribution in [3.05, 3.63) is 64.9 Å². The number of nitrogens with zero attached hydrogens (tertiary/aromatic N) is 3. The van der Waals surface area contributed by atoms with Crippen molar-refractivity contribution in [2.45, 2.75) is 32.6 Å². The highest BCUT2D eigenvalue weighted by atomic mass is 16.5. The van der Waals surface area contributed by atoms with E-state index in [9.17, 15) is 10.1 Å². The fourth-order valence-corrected chi connectivity index (χ4v) is 4.21. The van der Waals surface area contributed by atoms with Crippen LogP contribution in [-0.4, -0.2) is 15.6 Å².